The average Bonchev–Trinajstić information content (AvgIpc) is 3.33. The van der Waals surface area contributed by atoms with Gasteiger partial charge in [0.1, 0.15) is 0 Å². The van der Waals surface area contributed by atoms with E-state index in [4.69, 9.17) is 23.2 Å². The molecule has 2 aromatic heterocycles. The normalized spacial score (nSPS) is 11.3. The van der Waals surface area contributed by atoms with Gasteiger partial charge in [0.25, 0.3) is 0 Å². The minimum atomic E-state index is -0.317. The zero-order valence-electron chi connectivity index (χ0n) is 21.3. The molecule has 0 atom stereocenters. The van der Waals surface area contributed by atoms with Crippen molar-refractivity contribution in [1.82, 2.24) is 20.2 Å². The van der Waals surface area contributed by atoms with E-state index in [0.717, 1.165) is 17.3 Å². The van der Waals surface area contributed by atoms with Gasteiger partial charge in [-0.25, -0.2) is 0 Å². The van der Waals surface area contributed by atoms with Gasteiger partial charge in [0.05, 0.1) is 33.6 Å². The minimum absolute atomic E-state index is 0.0211. The first kappa shape index (κ1) is 28.3. The maximum atomic E-state index is 12.6. The third-order valence-electron chi connectivity index (χ3n) is 5.58. The van der Waals surface area contributed by atoms with Crippen molar-refractivity contribution in [2.24, 2.45) is 0 Å². The molecule has 39 heavy (non-hydrogen) atoms. The van der Waals surface area contributed by atoms with Gasteiger partial charge in [-0.3, -0.25) is 9.59 Å². The van der Waals surface area contributed by atoms with Crippen LogP contribution in [0.25, 0.3) is 5.69 Å². The van der Waals surface area contributed by atoms with Crippen LogP contribution >= 0.6 is 35.0 Å². The Bertz CT molecular complexity index is 1500. The summed E-state index contributed by atoms with van der Waals surface area (Å²) in [6, 6.07) is 13.6. The quantitative estimate of drug-likeness (QED) is 0.172. The Morgan fingerprint density at radius 2 is 1.74 bits per heavy atom. The molecule has 4 aromatic rings. The van der Waals surface area contributed by atoms with E-state index >= 15 is 0 Å². The third-order valence-corrected chi connectivity index (χ3v) is 7.11. The molecule has 0 radical (unpaired) electrons. The highest BCUT2D eigenvalue weighted by Crippen LogP contribution is 2.31. The number of benzene rings is 2. The van der Waals surface area contributed by atoms with Gasteiger partial charge in [-0.15, -0.1) is 5.10 Å². The number of amides is 2. The highest BCUT2D eigenvalue weighted by molar-refractivity contribution is 7.99. The van der Waals surface area contributed by atoms with Crippen molar-refractivity contribution in [2.75, 3.05) is 16.4 Å². The number of hydrogen-bond donors (Lipinski definition) is 2. The zero-order valence-corrected chi connectivity index (χ0v) is 23.6. The molecule has 0 saturated carbocycles. The van der Waals surface area contributed by atoms with Crippen molar-refractivity contribution in [3.05, 3.63) is 87.3 Å². The van der Waals surface area contributed by atoms with Crippen LogP contribution in [0.3, 0.4) is 0 Å². The predicted octanol–water partition coefficient (Wildman–Crippen LogP) is 4.81. The lowest BCUT2D eigenvalue weighted by molar-refractivity contribution is -0.605. The number of nitrogens with zero attached hydrogens (tertiary/aromatic N) is 5. The number of hydrogen-bond acceptors (Lipinski definition) is 7. The van der Waals surface area contributed by atoms with Crippen LogP contribution in [0.15, 0.2) is 66.1 Å². The van der Waals surface area contributed by atoms with E-state index in [0.29, 0.717) is 37.5 Å². The first-order valence-electron chi connectivity index (χ1n) is 11.8. The van der Waals surface area contributed by atoms with Crippen LogP contribution in [0.1, 0.15) is 31.9 Å². The van der Waals surface area contributed by atoms with Crippen LogP contribution in [0.2, 0.25) is 10.0 Å². The second-order valence-corrected chi connectivity index (χ2v) is 11.4. The molecular weight excluding hydrogens is 561 g/mol. The fourth-order valence-electron chi connectivity index (χ4n) is 3.53. The first-order chi connectivity index (χ1) is 18.5. The van der Waals surface area contributed by atoms with E-state index in [2.05, 4.69) is 46.9 Å². The van der Waals surface area contributed by atoms with Gasteiger partial charge in [-0.2, -0.15) is 9.41 Å². The Balaban J connectivity index is 1.34. The lowest BCUT2D eigenvalue weighted by atomic mass is 9.87. The number of anilines is 2. The summed E-state index contributed by atoms with van der Waals surface area (Å²) in [5.41, 5.74) is 3.19. The summed E-state index contributed by atoms with van der Waals surface area (Å²) in [4.78, 5) is 24.9. The molecule has 2 heterocycles. The largest absolute Gasteiger partial charge is 0.619 e. The van der Waals surface area contributed by atoms with Crippen molar-refractivity contribution in [3.8, 4) is 5.69 Å². The van der Waals surface area contributed by atoms with Crippen LogP contribution in [0.4, 0.5) is 11.4 Å². The number of thioether (sulfide) groups is 1. The van der Waals surface area contributed by atoms with Crippen LogP contribution in [-0.4, -0.2) is 37.8 Å². The molecule has 2 aromatic carbocycles. The zero-order chi connectivity index (χ0) is 28.2. The third kappa shape index (κ3) is 7.47. The summed E-state index contributed by atoms with van der Waals surface area (Å²) >= 11 is 14.0. The molecule has 4 rings (SSSR count). The molecule has 0 unspecified atom stereocenters. The van der Waals surface area contributed by atoms with E-state index < -0.39 is 0 Å². The number of tetrazole rings is 1. The summed E-state index contributed by atoms with van der Waals surface area (Å²) < 4.78 is 2.14. The molecular formula is C26H25Cl2N7O3S. The number of carbonyl (C=O) groups is 2. The number of aromatic nitrogens is 5. The molecule has 2 N–H and O–H groups in total. The first-order valence-corrected chi connectivity index (χ1v) is 13.5. The van der Waals surface area contributed by atoms with Gasteiger partial charge < -0.3 is 15.8 Å². The van der Waals surface area contributed by atoms with E-state index in [-0.39, 0.29) is 34.4 Å². The van der Waals surface area contributed by atoms with Gasteiger partial charge in [0, 0.05) is 17.8 Å². The minimum Gasteiger partial charge on any atom is -0.619 e. The molecule has 0 aliphatic rings. The Morgan fingerprint density at radius 1 is 1.00 bits per heavy atom. The second kappa shape index (κ2) is 12.0. The molecule has 0 spiro atoms. The van der Waals surface area contributed by atoms with Gasteiger partial charge in [0.15, 0.2) is 12.4 Å². The Labute approximate surface area is 239 Å². The molecule has 202 valence electrons. The lowest BCUT2D eigenvalue weighted by Gasteiger charge is -2.20. The highest BCUT2D eigenvalue weighted by atomic mass is 35.5. The molecule has 0 aliphatic heterocycles. The maximum Gasteiger partial charge on any atom is 0.234 e. The second-order valence-electron chi connectivity index (χ2n) is 9.61. The summed E-state index contributed by atoms with van der Waals surface area (Å²) in [5.74, 6) is -0.566. The van der Waals surface area contributed by atoms with E-state index in [1.165, 1.54) is 17.1 Å². The van der Waals surface area contributed by atoms with Crippen molar-refractivity contribution in [2.45, 2.75) is 37.8 Å². The topological polar surface area (TPSA) is 129 Å². The average molecular weight is 587 g/mol. The van der Waals surface area contributed by atoms with Crippen molar-refractivity contribution in [3.63, 3.8) is 0 Å². The highest BCUT2D eigenvalue weighted by Gasteiger charge is 2.19. The van der Waals surface area contributed by atoms with Gasteiger partial charge in [-0.1, -0.05) is 61.8 Å². The molecule has 0 bridgehead atoms. The van der Waals surface area contributed by atoms with Crippen molar-refractivity contribution >= 4 is 58.2 Å². The number of rotatable bonds is 8. The van der Waals surface area contributed by atoms with Gasteiger partial charge in [0.2, 0.25) is 17.0 Å². The van der Waals surface area contributed by atoms with Crippen LogP contribution in [-0.2, 0) is 21.4 Å². The standard InChI is InChI=1S/C26H25Cl2N7O3S/c1-26(2,3)17-4-7-22(20(28)13-17)35-25(31-32-33-35)39-15-24(37)30-21-6-5-18(14-19(21)27)29-23(36)12-16-8-10-34(38)11-9-16/h4-11,13-14H,12,15H2,1-3H3,(H,29,36)(H,30,37). The van der Waals surface area contributed by atoms with E-state index in [9.17, 15) is 14.8 Å². The molecule has 13 heteroatoms. The van der Waals surface area contributed by atoms with Crippen molar-refractivity contribution < 1.29 is 14.3 Å². The van der Waals surface area contributed by atoms with E-state index in [1.54, 1.807) is 30.3 Å². The lowest BCUT2D eigenvalue weighted by Crippen LogP contribution is -2.24. The van der Waals surface area contributed by atoms with Crippen LogP contribution in [0.5, 0.6) is 0 Å². The van der Waals surface area contributed by atoms with Crippen LogP contribution < -0.4 is 15.4 Å². The number of pyridine rings is 1. The summed E-state index contributed by atoms with van der Waals surface area (Å²) in [7, 11) is 0. The summed E-state index contributed by atoms with van der Waals surface area (Å²) in [5, 5.41) is 29.6. The van der Waals surface area contributed by atoms with Gasteiger partial charge in [-0.05, 0) is 57.3 Å². The Morgan fingerprint density at radius 3 is 2.41 bits per heavy atom. The fourth-order valence-corrected chi connectivity index (χ4v) is 4.70. The molecule has 10 nitrogen and oxygen atoms in total. The molecule has 2 amide bonds. The Hall–Kier alpha value is -3.67. The SMILES string of the molecule is CC(C)(C)c1ccc(-n2nnnc2SCC(=O)Nc2ccc(NC(=O)Cc3cc[n+]([O-])cc3)cc2Cl)c(Cl)c1. The molecule has 0 saturated heterocycles. The molecule has 0 aliphatic carbocycles. The van der Waals surface area contributed by atoms with Crippen molar-refractivity contribution in [1.29, 1.82) is 0 Å². The summed E-state index contributed by atoms with van der Waals surface area (Å²) in [6.07, 6.45) is 2.75. The number of carbonyl (C=O) groups excluding carboxylic acids is 2. The monoisotopic (exact) mass is 585 g/mol. The number of nitrogens with one attached hydrogen (secondary N) is 2. The molecule has 0 fully saturated rings. The maximum absolute atomic E-state index is 12.6. The fraction of sp³-hybridized carbons (Fsp3) is 0.231. The predicted molar refractivity (Wildman–Crippen MR) is 151 cm³/mol. The Kier molecular flexibility index (Phi) is 8.73. The van der Waals surface area contributed by atoms with Gasteiger partial charge >= 0.3 is 0 Å². The van der Waals surface area contributed by atoms with Crippen LogP contribution in [0, 0.1) is 5.21 Å². The smallest absolute Gasteiger partial charge is 0.234 e. The van der Waals surface area contributed by atoms with E-state index in [1.807, 2.05) is 18.2 Å². The number of halogens is 2. The summed E-state index contributed by atoms with van der Waals surface area (Å²) in [6.45, 7) is 6.30.